The van der Waals surface area contributed by atoms with Crippen molar-refractivity contribution in [1.82, 2.24) is 14.5 Å². The summed E-state index contributed by atoms with van der Waals surface area (Å²) < 4.78 is 25.7. The number of aromatic nitrogens is 2. The number of pyridine rings is 1. The van der Waals surface area contributed by atoms with Crippen LogP contribution in [-0.2, 0) is 9.84 Å². The van der Waals surface area contributed by atoms with Crippen LogP contribution in [0.5, 0.6) is 0 Å². The number of amides is 1. The van der Waals surface area contributed by atoms with E-state index in [4.69, 9.17) is 4.98 Å². The number of benzene rings is 1. The van der Waals surface area contributed by atoms with Crippen LogP contribution in [0.15, 0.2) is 47.5 Å². The second-order valence-electron chi connectivity index (χ2n) is 10.3. The molecule has 2 aliphatic rings. The molecule has 192 valence electrons. The fourth-order valence-corrected chi connectivity index (χ4v) is 5.97. The van der Waals surface area contributed by atoms with E-state index in [1.165, 1.54) is 12.7 Å². The quantitative estimate of drug-likeness (QED) is 0.503. The average Bonchev–Trinajstić information content (AvgIpc) is 3.21. The molecular formula is C27H35N5O3S. The molecule has 2 aromatic heterocycles. The molecule has 1 amide bonds. The number of nitrogens with zero attached hydrogens (tertiary/aromatic N) is 5. The minimum atomic E-state index is -3.19. The number of sulfone groups is 1. The van der Waals surface area contributed by atoms with Crippen molar-refractivity contribution in [2.45, 2.75) is 37.1 Å². The van der Waals surface area contributed by atoms with Crippen LogP contribution in [0.25, 0.3) is 11.0 Å². The summed E-state index contributed by atoms with van der Waals surface area (Å²) in [5.74, 6) is 1.70. The van der Waals surface area contributed by atoms with E-state index >= 15 is 0 Å². The Labute approximate surface area is 213 Å². The Morgan fingerprint density at radius 3 is 2.22 bits per heavy atom. The second kappa shape index (κ2) is 9.42. The lowest BCUT2D eigenvalue weighted by Crippen LogP contribution is -2.46. The first-order valence-corrected chi connectivity index (χ1v) is 14.6. The van der Waals surface area contributed by atoms with Crippen molar-refractivity contribution in [2.24, 2.45) is 5.92 Å². The number of carbonyl (C=O) groups excluding carboxylic acids is 1. The molecule has 9 heteroatoms. The molecule has 1 aliphatic carbocycles. The van der Waals surface area contributed by atoms with Gasteiger partial charge in [-0.15, -0.1) is 0 Å². The van der Waals surface area contributed by atoms with Gasteiger partial charge in [0.1, 0.15) is 11.5 Å². The van der Waals surface area contributed by atoms with Crippen LogP contribution in [0.1, 0.15) is 42.6 Å². The highest BCUT2D eigenvalue weighted by molar-refractivity contribution is 7.90. The summed E-state index contributed by atoms with van der Waals surface area (Å²) in [6.07, 6.45) is 6.71. The molecule has 1 saturated carbocycles. The van der Waals surface area contributed by atoms with Gasteiger partial charge in [-0.25, -0.2) is 13.4 Å². The summed E-state index contributed by atoms with van der Waals surface area (Å²) in [6.45, 7) is 5.52. The maximum Gasteiger partial charge on any atom is 0.255 e. The van der Waals surface area contributed by atoms with Crippen LogP contribution in [0.4, 0.5) is 11.5 Å². The first-order valence-electron chi connectivity index (χ1n) is 12.7. The number of piperazine rings is 1. The van der Waals surface area contributed by atoms with E-state index in [2.05, 4.69) is 27.4 Å². The van der Waals surface area contributed by atoms with Crippen molar-refractivity contribution in [3.8, 4) is 0 Å². The number of fused-ring (bicyclic) bond motifs is 1. The predicted molar refractivity (Wildman–Crippen MR) is 144 cm³/mol. The molecule has 3 aromatic rings. The molecule has 1 aromatic carbocycles. The maximum atomic E-state index is 12.9. The van der Waals surface area contributed by atoms with Crippen LogP contribution in [-0.4, -0.2) is 75.3 Å². The van der Waals surface area contributed by atoms with Gasteiger partial charge in [-0.05, 0) is 55.2 Å². The molecule has 5 rings (SSSR count). The van der Waals surface area contributed by atoms with Gasteiger partial charge in [-0.3, -0.25) is 4.79 Å². The number of carbonyl (C=O) groups is 1. The molecule has 0 atom stereocenters. The van der Waals surface area contributed by atoms with Gasteiger partial charge < -0.3 is 19.3 Å². The zero-order valence-electron chi connectivity index (χ0n) is 21.5. The fraction of sp³-hybridized carbons (Fsp3) is 0.481. The van der Waals surface area contributed by atoms with Crippen molar-refractivity contribution in [2.75, 3.05) is 56.3 Å². The molecule has 1 saturated heterocycles. The molecule has 3 heterocycles. The molecule has 2 fully saturated rings. The van der Waals surface area contributed by atoms with E-state index in [-0.39, 0.29) is 5.91 Å². The van der Waals surface area contributed by atoms with Crippen LogP contribution in [0, 0.1) is 5.92 Å². The van der Waals surface area contributed by atoms with Gasteiger partial charge in [-0.2, -0.15) is 0 Å². The Kier molecular flexibility index (Phi) is 6.44. The molecule has 0 spiro atoms. The highest BCUT2D eigenvalue weighted by Gasteiger charge is 2.32. The van der Waals surface area contributed by atoms with Gasteiger partial charge in [0, 0.05) is 69.8 Å². The largest absolute Gasteiger partial charge is 0.368 e. The van der Waals surface area contributed by atoms with Crippen LogP contribution < -0.4 is 9.80 Å². The molecule has 8 nitrogen and oxygen atoms in total. The van der Waals surface area contributed by atoms with Gasteiger partial charge in [0.05, 0.1) is 10.5 Å². The monoisotopic (exact) mass is 509 g/mol. The summed E-state index contributed by atoms with van der Waals surface area (Å²) in [6, 6.07) is 11.6. The van der Waals surface area contributed by atoms with Gasteiger partial charge in [0.15, 0.2) is 9.84 Å². The summed E-state index contributed by atoms with van der Waals surface area (Å²) in [5, 5.41) is 0.919. The van der Waals surface area contributed by atoms with E-state index in [9.17, 15) is 13.2 Å². The lowest BCUT2D eigenvalue weighted by molar-refractivity contribution is 0.0828. The van der Waals surface area contributed by atoms with Gasteiger partial charge >= 0.3 is 0 Å². The molecule has 0 bridgehead atoms. The summed E-state index contributed by atoms with van der Waals surface area (Å²) >= 11 is 0. The number of hydrogen-bond acceptors (Lipinski definition) is 6. The van der Waals surface area contributed by atoms with Crippen molar-refractivity contribution in [3.63, 3.8) is 0 Å². The maximum absolute atomic E-state index is 12.9. The normalized spacial score (nSPS) is 20.4. The highest BCUT2D eigenvalue weighted by Crippen LogP contribution is 2.42. The first kappa shape index (κ1) is 24.6. The summed E-state index contributed by atoms with van der Waals surface area (Å²) in [4.78, 5) is 24.5. The van der Waals surface area contributed by atoms with E-state index in [0.717, 1.165) is 73.0 Å². The third-order valence-electron chi connectivity index (χ3n) is 7.72. The lowest BCUT2D eigenvalue weighted by Gasteiger charge is -2.37. The number of anilines is 2. The van der Waals surface area contributed by atoms with Gasteiger partial charge in [-0.1, -0.05) is 13.3 Å². The number of hydrogen-bond donors (Lipinski definition) is 0. The zero-order valence-corrected chi connectivity index (χ0v) is 22.3. The Balaban J connectivity index is 1.37. The Morgan fingerprint density at radius 1 is 1.00 bits per heavy atom. The van der Waals surface area contributed by atoms with E-state index in [1.807, 2.05) is 24.4 Å². The van der Waals surface area contributed by atoms with Crippen molar-refractivity contribution in [1.29, 1.82) is 0 Å². The Bertz CT molecular complexity index is 1370. The summed E-state index contributed by atoms with van der Waals surface area (Å²) in [7, 11) is 0.385. The Morgan fingerprint density at radius 2 is 1.64 bits per heavy atom. The van der Waals surface area contributed by atoms with Crippen molar-refractivity contribution in [3.05, 3.63) is 48.2 Å². The number of rotatable bonds is 6. The van der Waals surface area contributed by atoms with Crippen molar-refractivity contribution >= 4 is 38.3 Å². The van der Waals surface area contributed by atoms with Crippen LogP contribution in [0.3, 0.4) is 0 Å². The molecular weight excluding hydrogens is 474 g/mol. The summed E-state index contributed by atoms with van der Waals surface area (Å²) in [5.41, 5.74) is 2.65. The third kappa shape index (κ3) is 4.56. The van der Waals surface area contributed by atoms with Crippen LogP contribution >= 0.6 is 0 Å². The predicted octanol–water partition coefficient (Wildman–Crippen LogP) is 3.83. The third-order valence-corrected chi connectivity index (χ3v) is 8.84. The van der Waals surface area contributed by atoms with Gasteiger partial charge in [0.2, 0.25) is 0 Å². The average molecular weight is 510 g/mol. The van der Waals surface area contributed by atoms with Gasteiger partial charge in [0.25, 0.3) is 5.91 Å². The second-order valence-corrected chi connectivity index (χ2v) is 12.3. The first-order chi connectivity index (χ1) is 17.2. The smallest absolute Gasteiger partial charge is 0.255 e. The highest BCUT2D eigenvalue weighted by atomic mass is 32.2. The molecule has 1 aliphatic heterocycles. The minimum Gasteiger partial charge on any atom is -0.368 e. The Hall–Kier alpha value is -3.07. The fourth-order valence-electron chi connectivity index (χ4n) is 5.34. The standard InChI is InChI=1S/C27H35N5O3S/c1-5-19-16-21(17-19)32-18-24(27(33)29(2)3)23-10-11-25(28-26(23)32)31-14-12-30(13-15-31)20-6-8-22(9-7-20)36(4,34)35/h6-11,18-19,21H,5,12-17H2,1-4H3. The SMILES string of the molecule is CCC1CC(n2cc(C(=O)N(C)C)c3ccc(N4CCN(c5ccc(S(C)(=O)=O)cc5)CC4)nc32)C1. The van der Waals surface area contributed by atoms with E-state index < -0.39 is 9.84 Å². The minimum absolute atomic E-state index is 0.00942. The van der Waals surface area contributed by atoms with Crippen LogP contribution in [0.2, 0.25) is 0 Å². The van der Waals surface area contributed by atoms with Crippen molar-refractivity contribution < 1.29 is 13.2 Å². The zero-order chi connectivity index (χ0) is 25.6. The molecule has 0 radical (unpaired) electrons. The topological polar surface area (TPSA) is 78.8 Å². The van der Waals surface area contributed by atoms with E-state index in [1.54, 1.807) is 31.1 Å². The molecule has 0 unspecified atom stereocenters. The lowest BCUT2D eigenvalue weighted by atomic mass is 9.78. The van der Waals surface area contributed by atoms with E-state index in [0.29, 0.717) is 10.9 Å². The molecule has 36 heavy (non-hydrogen) atoms. The molecule has 0 N–H and O–H groups in total.